The maximum atomic E-state index is 9.93. The van der Waals surface area contributed by atoms with Crippen LogP contribution in [0.4, 0.5) is 0 Å². The second-order valence-electron chi connectivity index (χ2n) is 6.69. The summed E-state index contributed by atoms with van der Waals surface area (Å²) >= 11 is 0. The third-order valence-electron chi connectivity index (χ3n) is 3.95. The van der Waals surface area contributed by atoms with Crippen molar-refractivity contribution in [2.24, 2.45) is 5.92 Å². The average Bonchev–Trinajstić information content (AvgIpc) is 2.37. The quantitative estimate of drug-likeness (QED) is 0.683. The Balaban J connectivity index is 2.07. The Morgan fingerprint density at radius 1 is 1.25 bits per heavy atom. The number of aliphatic hydroxyl groups excluding tert-OH is 1. The van der Waals surface area contributed by atoms with Crippen LogP contribution in [0.2, 0.25) is 0 Å². The minimum atomic E-state index is -0.438. The summed E-state index contributed by atoms with van der Waals surface area (Å²) in [6.45, 7) is 10.8. The van der Waals surface area contributed by atoms with Gasteiger partial charge in [0.25, 0.3) is 0 Å². The summed E-state index contributed by atoms with van der Waals surface area (Å²) < 4.78 is 11.4. The molecule has 20 heavy (non-hydrogen) atoms. The first-order valence-electron chi connectivity index (χ1n) is 8.07. The second-order valence-corrected chi connectivity index (χ2v) is 6.69. The van der Waals surface area contributed by atoms with Crippen molar-refractivity contribution in [2.75, 3.05) is 26.3 Å². The Hall–Kier alpha value is -0.160. The van der Waals surface area contributed by atoms with E-state index in [1.54, 1.807) is 0 Å². The molecule has 1 aliphatic rings. The van der Waals surface area contributed by atoms with E-state index in [-0.39, 0.29) is 5.60 Å². The van der Waals surface area contributed by atoms with E-state index < -0.39 is 6.10 Å². The maximum absolute atomic E-state index is 9.93. The summed E-state index contributed by atoms with van der Waals surface area (Å²) in [6.07, 6.45) is 4.69. The summed E-state index contributed by atoms with van der Waals surface area (Å²) in [5.41, 5.74) is -0.186. The van der Waals surface area contributed by atoms with Gasteiger partial charge in [0, 0.05) is 19.7 Å². The van der Waals surface area contributed by atoms with Crippen molar-refractivity contribution in [1.82, 2.24) is 5.32 Å². The average molecular weight is 287 g/mol. The van der Waals surface area contributed by atoms with Crippen LogP contribution < -0.4 is 5.32 Å². The molecule has 4 heteroatoms. The van der Waals surface area contributed by atoms with E-state index in [0.717, 1.165) is 25.3 Å². The Morgan fingerprint density at radius 3 is 2.50 bits per heavy atom. The van der Waals surface area contributed by atoms with Crippen LogP contribution in [-0.2, 0) is 9.47 Å². The van der Waals surface area contributed by atoms with E-state index in [2.05, 4.69) is 26.1 Å². The molecule has 0 aromatic rings. The molecule has 0 aliphatic heterocycles. The molecule has 0 bridgehead atoms. The van der Waals surface area contributed by atoms with Gasteiger partial charge in [0.15, 0.2) is 0 Å². The fraction of sp³-hybridized carbons (Fsp3) is 1.00. The van der Waals surface area contributed by atoms with Gasteiger partial charge in [-0.1, -0.05) is 6.92 Å². The lowest BCUT2D eigenvalue weighted by molar-refractivity contribution is -0.0335. The fourth-order valence-electron chi connectivity index (χ4n) is 2.68. The van der Waals surface area contributed by atoms with Gasteiger partial charge in [-0.25, -0.2) is 0 Å². The Kier molecular flexibility index (Phi) is 8.03. The van der Waals surface area contributed by atoms with Gasteiger partial charge in [-0.2, -0.15) is 0 Å². The van der Waals surface area contributed by atoms with Gasteiger partial charge in [-0.05, 0) is 52.4 Å². The van der Waals surface area contributed by atoms with E-state index >= 15 is 0 Å². The molecule has 0 aromatic heterocycles. The standard InChI is InChI=1S/C16H33NO3/c1-5-20-16(3,4)12-17-10-14(18)11-19-15-8-6-13(2)7-9-15/h13-15,17-18H,5-12H2,1-4H3. The lowest BCUT2D eigenvalue weighted by Crippen LogP contribution is -2.41. The van der Waals surface area contributed by atoms with Gasteiger partial charge < -0.3 is 19.9 Å². The van der Waals surface area contributed by atoms with Crippen LogP contribution in [0.3, 0.4) is 0 Å². The first-order valence-corrected chi connectivity index (χ1v) is 8.07. The predicted molar refractivity (Wildman–Crippen MR) is 82.0 cm³/mol. The van der Waals surface area contributed by atoms with E-state index in [1.807, 2.05) is 6.92 Å². The van der Waals surface area contributed by atoms with Gasteiger partial charge in [0.05, 0.1) is 24.4 Å². The topological polar surface area (TPSA) is 50.7 Å². The van der Waals surface area contributed by atoms with Crippen molar-refractivity contribution in [2.45, 2.75) is 71.2 Å². The Labute approximate surface area is 124 Å². The molecule has 0 heterocycles. The normalized spacial score (nSPS) is 25.6. The third-order valence-corrected chi connectivity index (χ3v) is 3.95. The van der Waals surface area contributed by atoms with Crippen molar-refractivity contribution in [3.05, 3.63) is 0 Å². The predicted octanol–water partition coefficient (Wildman–Crippen LogP) is 2.35. The molecule has 1 aliphatic carbocycles. The lowest BCUT2D eigenvalue weighted by atomic mass is 9.89. The highest BCUT2D eigenvalue weighted by atomic mass is 16.5. The zero-order valence-corrected chi connectivity index (χ0v) is 13.7. The molecule has 1 unspecified atom stereocenters. The number of rotatable bonds is 9. The molecule has 2 N–H and O–H groups in total. The fourth-order valence-corrected chi connectivity index (χ4v) is 2.68. The van der Waals surface area contributed by atoms with E-state index in [4.69, 9.17) is 9.47 Å². The molecule has 0 aromatic carbocycles. The summed E-state index contributed by atoms with van der Waals surface area (Å²) in [7, 11) is 0. The number of hydrogen-bond donors (Lipinski definition) is 2. The first-order chi connectivity index (χ1) is 9.43. The molecule has 120 valence electrons. The minimum absolute atomic E-state index is 0.186. The zero-order chi connectivity index (χ0) is 15.0. The molecule has 1 rings (SSSR count). The summed E-state index contributed by atoms with van der Waals surface area (Å²) in [5.74, 6) is 0.835. The monoisotopic (exact) mass is 287 g/mol. The molecule has 1 fully saturated rings. The third kappa shape index (κ3) is 7.58. The molecule has 4 nitrogen and oxygen atoms in total. The molecule has 0 saturated heterocycles. The molecule has 0 spiro atoms. The Bertz CT molecular complexity index is 250. The number of hydrogen-bond acceptors (Lipinski definition) is 4. The maximum Gasteiger partial charge on any atom is 0.0897 e. The largest absolute Gasteiger partial charge is 0.389 e. The smallest absolute Gasteiger partial charge is 0.0897 e. The van der Waals surface area contributed by atoms with Crippen LogP contribution in [0.5, 0.6) is 0 Å². The van der Waals surface area contributed by atoms with Crippen LogP contribution in [0.25, 0.3) is 0 Å². The first kappa shape index (κ1) is 17.9. The van der Waals surface area contributed by atoms with Gasteiger partial charge in [-0.15, -0.1) is 0 Å². The molecule has 1 atom stereocenters. The summed E-state index contributed by atoms with van der Waals surface area (Å²) in [5, 5.41) is 13.2. The van der Waals surface area contributed by atoms with Gasteiger partial charge in [0.1, 0.15) is 0 Å². The number of aliphatic hydroxyl groups is 1. The second kappa shape index (κ2) is 8.98. The van der Waals surface area contributed by atoms with Crippen molar-refractivity contribution in [1.29, 1.82) is 0 Å². The molecule has 0 radical (unpaired) electrons. The lowest BCUT2D eigenvalue weighted by Gasteiger charge is -2.28. The van der Waals surface area contributed by atoms with Gasteiger partial charge >= 0.3 is 0 Å². The molecular weight excluding hydrogens is 254 g/mol. The molecule has 0 amide bonds. The summed E-state index contributed by atoms with van der Waals surface area (Å²) in [4.78, 5) is 0. The van der Waals surface area contributed by atoms with E-state index in [9.17, 15) is 5.11 Å². The van der Waals surface area contributed by atoms with Crippen molar-refractivity contribution >= 4 is 0 Å². The summed E-state index contributed by atoms with van der Waals surface area (Å²) in [6, 6.07) is 0. The highest BCUT2D eigenvalue weighted by Gasteiger charge is 2.20. The van der Waals surface area contributed by atoms with Crippen LogP contribution >= 0.6 is 0 Å². The van der Waals surface area contributed by atoms with Crippen molar-refractivity contribution in [3.8, 4) is 0 Å². The van der Waals surface area contributed by atoms with Crippen molar-refractivity contribution < 1.29 is 14.6 Å². The van der Waals surface area contributed by atoms with Crippen LogP contribution in [0.15, 0.2) is 0 Å². The molecule has 1 saturated carbocycles. The molecular formula is C16H33NO3. The van der Waals surface area contributed by atoms with Crippen molar-refractivity contribution in [3.63, 3.8) is 0 Å². The highest BCUT2D eigenvalue weighted by Crippen LogP contribution is 2.25. The highest BCUT2D eigenvalue weighted by molar-refractivity contribution is 4.74. The number of nitrogens with one attached hydrogen (secondary N) is 1. The van der Waals surface area contributed by atoms with E-state index in [0.29, 0.717) is 25.9 Å². The zero-order valence-electron chi connectivity index (χ0n) is 13.7. The van der Waals surface area contributed by atoms with E-state index in [1.165, 1.54) is 12.8 Å². The van der Waals surface area contributed by atoms with Gasteiger partial charge in [0.2, 0.25) is 0 Å². The van der Waals surface area contributed by atoms with Crippen LogP contribution in [0, 0.1) is 5.92 Å². The SMILES string of the molecule is CCOC(C)(C)CNCC(O)COC1CCC(C)CC1. The Morgan fingerprint density at radius 2 is 1.90 bits per heavy atom. The van der Waals surface area contributed by atoms with Gasteiger partial charge in [-0.3, -0.25) is 0 Å². The van der Waals surface area contributed by atoms with Crippen LogP contribution in [0.1, 0.15) is 53.4 Å². The van der Waals surface area contributed by atoms with Crippen LogP contribution in [-0.4, -0.2) is 49.2 Å². The minimum Gasteiger partial charge on any atom is -0.389 e. The number of ether oxygens (including phenoxy) is 2.